The fourth-order valence-corrected chi connectivity index (χ4v) is 2.48. The van der Waals surface area contributed by atoms with E-state index >= 15 is 0 Å². The topological polar surface area (TPSA) is 26.3 Å². The fraction of sp³-hybridized carbons (Fsp3) is 0.700. The summed E-state index contributed by atoms with van der Waals surface area (Å²) in [7, 11) is 0. The SMILES string of the molecule is C=C(C)C1CCC2(C)OC(=O)C12. The first-order valence-electron chi connectivity index (χ1n) is 4.43. The fourth-order valence-electron chi connectivity index (χ4n) is 2.48. The Balaban J connectivity index is 2.23. The molecule has 0 amide bonds. The number of carbonyl (C=O) groups excluding carboxylic acids is 1. The maximum Gasteiger partial charge on any atom is 0.314 e. The molecular weight excluding hydrogens is 152 g/mol. The van der Waals surface area contributed by atoms with Crippen molar-refractivity contribution in [2.24, 2.45) is 11.8 Å². The Bertz CT molecular complexity index is 257. The highest BCUT2D eigenvalue weighted by Crippen LogP contribution is 2.52. The Morgan fingerprint density at radius 1 is 1.75 bits per heavy atom. The van der Waals surface area contributed by atoms with Crippen LogP contribution in [0.25, 0.3) is 0 Å². The Morgan fingerprint density at radius 2 is 2.42 bits per heavy atom. The van der Waals surface area contributed by atoms with Gasteiger partial charge in [-0.25, -0.2) is 0 Å². The molecule has 1 heterocycles. The maximum atomic E-state index is 11.2. The smallest absolute Gasteiger partial charge is 0.314 e. The zero-order chi connectivity index (χ0) is 8.93. The molecule has 66 valence electrons. The molecule has 0 aromatic heterocycles. The van der Waals surface area contributed by atoms with Gasteiger partial charge in [-0.05, 0) is 32.6 Å². The highest BCUT2D eigenvalue weighted by Gasteiger charge is 2.60. The minimum Gasteiger partial charge on any atom is -0.458 e. The van der Waals surface area contributed by atoms with E-state index in [1.807, 2.05) is 13.8 Å². The Labute approximate surface area is 72.6 Å². The minimum atomic E-state index is -0.152. The van der Waals surface area contributed by atoms with E-state index in [1.54, 1.807) is 0 Å². The van der Waals surface area contributed by atoms with E-state index in [4.69, 9.17) is 4.74 Å². The van der Waals surface area contributed by atoms with Crippen molar-refractivity contribution in [3.63, 3.8) is 0 Å². The van der Waals surface area contributed by atoms with Gasteiger partial charge in [0.2, 0.25) is 0 Å². The first kappa shape index (κ1) is 7.84. The lowest BCUT2D eigenvalue weighted by atomic mass is 9.80. The monoisotopic (exact) mass is 166 g/mol. The van der Waals surface area contributed by atoms with Gasteiger partial charge in [-0.1, -0.05) is 12.2 Å². The first-order chi connectivity index (χ1) is 5.54. The van der Waals surface area contributed by atoms with Gasteiger partial charge in [-0.2, -0.15) is 0 Å². The number of ether oxygens (including phenoxy) is 1. The number of hydrogen-bond donors (Lipinski definition) is 0. The number of fused-ring (bicyclic) bond motifs is 1. The molecule has 1 aliphatic heterocycles. The molecule has 2 heteroatoms. The molecule has 1 saturated carbocycles. The van der Waals surface area contributed by atoms with Gasteiger partial charge in [-0.3, -0.25) is 4.79 Å². The lowest BCUT2D eigenvalue weighted by molar-refractivity contribution is -0.204. The molecule has 1 saturated heterocycles. The van der Waals surface area contributed by atoms with Gasteiger partial charge in [-0.15, -0.1) is 0 Å². The van der Waals surface area contributed by atoms with Crippen molar-refractivity contribution < 1.29 is 9.53 Å². The highest BCUT2D eigenvalue weighted by molar-refractivity contribution is 5.81. The first-order valence-corrected chi connectivity index (χ1v) is 4.43. The molecule has 0 spiro atoms. The molecule has 12 heavy (non-hydrogen) atoms. The lowest BCUT2D eigenvalue weighted by Gasteiger charge is -2.42. The van der Waals surface area contributed by atoms with Gasteiger partial charge >= 0.3 is 5.97 Å². The van der Waals surface area contributed by atoms with Crippen LogP contribution in [0.2, 0.25) is 0 Å². The van der Waals surface area contributed by atoms with Crippen molar-refractivity contribution in [2.45, 2.75) is 32.3 Å². The van der Waals surface area contributed by atoms with Crippen molar-refractivity contribution in [3.05, 3.63) is 12.2 Å². The van der Waals surface area contributed by atoms with Gasteiger partial charge in [0.15, 0.2) is 0 Å². The van der Waals surface area contributed by atoms with Crippen LogP contribution in [0.4, 0.5) is 0 Å². The van der Waals surface area contributed by atoms with Crippen molar-refractivity contribution in [3.8, 4) is 0 Å². The molecule has 0 aromatic carbocycles. The van der Waals surface area contributed by atoms with Crippen LogP contribution in [-0.2, 0) is 9.53 Å². The Morgan fingerprint density at radius 3 is 2.83 bits per heavy atom. The zero-order valence-electron chi connectivity index (χ0n) is 7.59. The van der Waals surface area contributed by atoms with Gasteiger partial charge < -0.3 is 4.74 Å². The molecule has 2 aliphatic rings. The summed E-state index contributed by atoms with van der Waals surface area (Å²) in [4.78, 5) is 11.2. The summed E-state index contributed by atoms with van der Waals surface area (Å²) in [5.41, 5.74) is 0.973. The van der Waals surface area contributed by atoms with E-state index in [0.717, 1.165) is 18.4 Å². The molecule has 2 rings (SSSR count). The Kier molecular flexibility index (Phi) is 1.39. The number of hydrogen-bond acceptors (Lipinski definition) is 2. The van der Waals surface area contributed by atoms with E-state index < -0.39 is 0 Å². The maximum absolute atomic E-state index is 11.2. The zero-order valence-corrected chi connectivity index (χ0v) is 7.59. The standard InChI is InChI=1S/C10H14O2/c1-6(2)7-4-5-10(3)8(7)9(11)12-10/h7-8H,1,4-5H2,2-3H3. The molecule has 3 atom stereocenters. The molecule has 0 N–H and O–H groups in total. The molecule has 3 unspecified atom stereocenters. The quantitative estimate of drug-likeness (QED) is 0.439. The van der Waals surface area contributed by atoms with Gasteiger partial charge in [0, 0.05) is 0 Å². The second kappa shape index (κ2) is 2.12. The van der Waals surface area contributed by atoms with Crippen LogP contribution < -0.4 is 0 Å². The second-order valence-corrected chi connectivity index (χ2v) is 4.20. The van der Waals surface area contributed by atoms with Crippen LogP contribution in [0, 0.1) is 11.8 Å². The molecule has 0 radical (unpaired) electrons. The van der Waals surface area contributed by atoms with Crippen LogP contribution in [0.5, 0.6) is 0 Å². The number of rotatable bonds is 1. The summed E-state index contributed by atoms with van der Waals surface area (Å²) in [6.07, 6.45) is 2.06. The van der Waals surface area contributed by atoms with Crippen LogP contribution in [0.15, 0.2) is 12.2 Å². The van der Waals surface area contributed by atoms with E-state index in [1.165, 1.54) is 0 Å². The molecule has 2 nitrogen and oxygen atoms in total. The number of esters is 1. The summed E-state index contributed by atoms with van der Waals surface area (Å²) in [5, 5.41) is 0. The normalized spacial score (nSPS) is 44.7. The summed E-state index contributed by atoms with van der Waals surface area (Å²) < 4.78 is 5.15. The third kappa shape index (κ3) is 0.780. The van der Waals surface area contributed by atoms with Crippen molar-refractivity contribution in [1.82, 2.24) is 0 Å². The average Bonchev–Trinajstić information content (AvgIpc) is 2.22. The van der Waals surface area contributed by atoms with E-state index in [9.17, 15) is 4.79 Å². The number of carbonyl (C=O) groups is 1. The van der Waals surface area contributed by atoms with Crippen LogP contribution in [0.1, 0.15) is 26.7 Å². The van der Waals surface area contributed by atoms with Crippen molar-refractivity contribution in [2.75, 3.05) is 0 Å². The third-order valence-corrected chi connectivity index (χ3v) is 3.23. The molecule has 0 aromatic rings. The van der Waals surface area contributed by atoms with Crippen LogP contribution >= 0.6 is 0 Å². The predicted molar refractivity (Wildman–Crippen MR) is 45.5 cm³/mol. The van der Waals surface area contributed by atoms with Gasteiger partial charge in [0.1, 0.15) is 11.5 Å². The summed E-state index contributed by atoms with van der Waals surface area (Å²) in [5.74, 6) is 0.453. The average molecular weight is 166 g/mol. The van der Waals surface area contributed by atoms with E-state index in [-0.39, 0.29) is 17.5 Å². The van der Waals surface area contributed by atoms with Crippen LogP contribution in [-0.4, -0.2) is 11.6 Å². The second-order valence-electron chi connectivity index (χ2n) is 4.20. The van der Waals surface area contributed by atoms with Gasteiger partial charge in [0.05, 0.1) is 0 Å². The summed E-state index contributed by atoms with van der Waals surface area (Å²) in [6, 6.07) is 0. The predicted octanol–water partition coefficient (Wildman–Crippen LogP) is 1.90. The molecular formula is C10H14O2. The Hall–Kier alpha value is -0.790. The largest absolute Gasteiger partial charge is 0.458 e. The van der Waals surface area contributed by atoms with E-state index in [0.29, 0.717) is 5.92 Å². The highest BCUT2D eigenvalue weighted by atomic mass is 16.6. The minimum absolute atomic E-state index is 0.0250. The van der Waals surface area contributed by atoms with Crippen molar-refractivity contribution in [1.29, 1.82) is 0 Å². The summed E-state index contributed by atoms with van der Waals surface area (Å²) in [6.45, 7) is 7.95. The lowest BCUT2D eigenvalue weighted by Crippen LogP contribution is -2.53. The van der Waals surface area contributed by atoms with Gasteiger partial charge in [0.25, 0.3) is 0 Å². The van der Waals surface area contributed by atoms with Crippen LogP contribution in [0.3, 0.4) is 0 Å². The molecule has 1 aliphatic carbocycles. The molecule has 2 fully saturated rings. The molecule has 0 bridgehead atoms. The summed E-state index contributed by atoms with van der Waals surface area (Å²) >= 11 is 0. The third-order valence-electron chi connectivity index (χ3n) is 3.23. The van der Waals surface area contributed by atoms with Crippen molar-refractivity contribution >= 4 is 5.97 Å². The number of allylic oxidation sites excluding steroid dienone is 1. The van der Waals surface area contributed by atoms with E-state index in [2.05, 4.69) is 6.58 Å².